The molecule has 1 aromatic rings. The highest BCUT2D eigenvalue weighted by molar-refractivity contribution is 5.54. The van der Waals surface area contributed by atoms with Crippen molar-refractivity contribution in [1.82, 2.24) is 5.32 Å². The van der Waals surface area contributed by atoms with Crippen molar-refractivity contribution in [2.45, 2.75) is 25.5 Å². The van der Waals surface area contributed by atoms with E-state index in [-0.39, 0.29) is 6.10 Å². The molecule has 4 nitrogen and oxygen atoms in total. The van der Waals surface area contributed by atoms with Crippen LogP contribution in [-0.2, 0) is 22.4 Å². The van der Waals surface area contributed by atoms with E-state index in [9.17, 15) is 0 Å². The van der Waals surface area contributed by atoms with Crippen LogP contribution in [0.4, 0.5) is 5.69 Å². The van der Waals surface area contributed by atoms with Crippen LogP contribution in [0.3, 0.4) is 0 Å². The number of aryl methyl sites for hydroxylation is 1. The average molecular weight is 264 g/mol. The first-order valence-electron chi connectivity index (χ1n) is 6.91. The number of hydrogen-bond donors (Lipinski definition) is 2. The number of rotatable bonds is 7. The van der Waals surface area contributed by atoms with Gasteiger partial charge in [-0.2, -0.15) is 0 Å². The molecule has 0 fully saturated rings. The minimum atomic E-state index is 0.115. The summed E-state index contributed by atoms with van der Waals surface area (Å²) in [4.78, 5) is 0. The highest BCUT2D eigenvalue weighted by atomic mass is 16.5. The Bertz CT molecular complexity index is 396. The van der Waals surface area contributed by atoms with E-state index in [0.717, 1.165) is 19.6 Å². The molecule has 1 aliphatic heterocycles. The fourth-order valence-corrected chi connectivity index (χ4v) is 2.41. The first-order chi connectivity index (χ1) is 9.33. The predicted molar refractivity (Wildman–Crippen MR) is 77.6 cm³/mol. The zero-order chi connectivity index (χ0) is 13.5. The number of anilines is 1. The van der Waals surface area contributed by atoms with E-state index >= 15 is 0 Å². The van der Waals surface area contributed by atoms with Crippen LogP contribution in [0, 0.1) is 0 Å². The molecule has 1 heterocycles. The van der Waals surface area contributed by atoms with E-state index in [0.29, 0.717) is 6.61 Å². The quantitative estimate of drug-likeness (QED) is 0.788. The third-order valence-electron chi connectivity index (χ3n) is 3.50. The third-order valence-corrected chi connectivity index (χ3v) is 3.50. The van der Waals surface area contributed by atoms with Gasteiger partial charge >= 0.3 is 0 Å². The first kappa shape index (κ1) is 14.3. The van der Waals surface area contributed by atoms with Crippen molar-refractivity contribution >= 4 is 5.69 Å². The molecule has 19 heavy (non-hydrogen) atoms. The van der Waals surface area contributed by atoms with Gasteiger partial charge in [0, 0.05) is 39.5 Å². The van der Waals surface area contributed by atoms with Gasteiger partial charge in [-0.05, 0) is 30.0 Å². The zero-order valence-corrected chi connectivity index (χ0v) is 11.9. The molecule has 2 rings (SSSR count). The van der Waals surface area contributed by atoms with Crippen molar-refractivity contribution in [3.63, 3.8) is 0 Å². The van der Waals surface area contributed by atoms with E-state index < -0.39 is 0 Å². The smallest absolute Gasteiger partial charge is 0.0928 e. The number of hydrogen-bond acceptors (Lipinski definition) is 4. The van der Waals surface area contributed by atoms with Crippen molar-refractivity contribution in [1.29, 1.82) is 0 Å². The first-order valence-corrected chi connectivity index (χ1v) is 6.91. The summed E-state index contributed by atoms with van der Waals surface area (Å²) >= 11 is 0. The van der Waals surface area contributed by atoms with Crippen LogP contribution in [0.2, 0.25) is 0 Å². The Balaban J connectivity index is 1.82. The van der Waals surface area contributed by atoms with Crippen LogP contribution >= 0.6 is 0 Å². The highest BCUT2D eigenvalue weighted by Crippen LogP contribution is 2.22. The van der Waals surface area contributed by atoms with E-state index in [1.807, 2.05) is 0 Å². The predicted octanol–water partition coefficient (Wildman–Crippen LogP) is 1.80. The minimum Gasteiger partial charge on any atom is -0.385 e. The van der Waals surface area contributed by atoms with Crippen molar-refractivity contribution in [3.8, 4) is 0 Å². The molecule has 1 unspecified atom stereocenters. The molecule has 0 amide bonds. The molecule has 4 heteroatoms. The normalized spacial score (nSPS) is 15.7. The maximum Gasteiger partial charge on any atom is 0.0928 e. The lowest BCUT2D eigenvalue weighted by Gasteiger charge is -2.19. The van der Waals surface area contributed by atoms with Crippen LogP contribution in [0.1, 0.15) is 17.5 Å². The fourth-order valence-electron chi connectivity index (χ4n) is 2.41. The topological polar surface area (TPSA) is 42.5 Å². The standard InChI is InChI=1S/C15H24N2O2/c1-18-11-14(19-2)10-16-9-12-5-6-15-13(8-12)4-3-7-17-15/h5-6,8,14,16-17H,3-4,7,9-11H2,1-2H3. The summed E-state index contributed by atoms with van der Waals surface area (Å²) in [7, 11) is 3.42. The van der Waals surface area contributed by atoms with Gasteiger partial charge < -0.3 is 20.1 Å². The average Bonchev–Trinajstić information content (AvgIpc) is 2.46. The molecule has 1 aliphatic rings. The summed E-state index contributed by atoms with van der Waals surface area (Å²) in [5.41, 5.74) is 4.06. The van der Waals surface area contributed by atoms with Gasteiger partial charge in [-0.1, -0.05) is 12.1 Å². The van der Waals surface area contributed by atoms with E-state index in [2.05, 4.69) is 28.8 Å². The molecule has 106 valence electrons. The Morgan fingerprint density at radius 2 is 2.26 bits per heavy atom. The van der Waals surface area contributed by atoms with E-state index in [1.54, 1.807) is 14.2 Å². The molecule has 1 atom stereocenters. The van der Waals surface area contributed by atoms with Gasteiger partial charge in [0.25, 0.3) is 0 Å². The van der Waals surface area contributed by atoms with Gasteiger partial charge in [0.15, 0.2) is 0 Å². The van der Waals surface area contributed by atoms with Crippen molar-refractivity contribution in [2.24, 2.45) is 0 Å². The van der Waals surface area contributed by atoms with Gasteiger partial charge in [-0.15, -0.1) is 0 Å². The molecule has 0 bridgehead atoms. The van der Waals surface area contributed by atoms with Gasteiger partial charge in [-0.3, -0.25) is 0 Å². The number of fused-ring (bicyclic) bond motifs is 1. The SMILES string of the molecule is COCC(CNCc1ccc2c(c1)CCCN2)OC. The van der Waals surface area contributed by atoms with Gasteiger partial charge in [0.1, 0.15) is 0 Å². The number of ether oxygens (including phenoxy) is 2. The maximum absolute atomic E-state index is 5.32. The summed E-state index contributed by atoms with van der Waals surface area (Å²) < 4.78 is 10.4. The Morgan fingerprint density at radius 3 is 3.05 bits per heavy atom. The van der Waals surface area contributed by atoms with Crippen LogP contribution in [0.15, 0.2) is 18.2 Å². The van der Waals surface area contributed by atoms with Crippen LogP contribution in [0.5, 0.6) is 0 Å². The fraction of sp³-hybridized carbons (Fsp3) is 0.600. The number of benzene rings is 1. The zero-order valence-electron chi connectivity index (χ0n) is 11.9. The molecule has 0 radical (unpaired) electrons. The van der Waals surface area contributed by atoms with Gasteiger partial charge in [0.2, 0.25) is 0 Å². The molecule has 0 spiro atoms. The summed E-state index contributed by atoms with van der Waals surface area (Å²) in [5.74, 6) is 0. The van der Waals surface area contributed by atoms with Crippen molar-refractivity contribution in [3.05, 3.63) is 29.3 Å². The van der Waals surface area contributed by atoms with Crippen molar-refractivity contribution in [2.75, 3.05) is 39.2 Å². The largest absolute Gasteiger partial charge is 0.385 e. The summed E-state index contributed by atoms with van der Waals surface area (Å²) in [5, 5.41) is 6.85. The van der Waals surface area contributed by atoms with Crippen molar-refractivity contribution < 1.29 is 9.47 Å². The molecule has 0 saturated heterocycles. The number of methoxy groups -OCH3 is 2. The Labute approximate surface area is 115 Å². The van der Waals surface area contributed by atoms with Crippen LogP contribution in [-0.4, -0.2) is 40.0 Å². The second-order valence-electron chi connectivity index (χ2n) is 4.97. The summed E-state index contributed by atoms with van der Waals surface area (Å²) in [6, 6.07) is 6.67. The lowest BCUT2D eigenvalue weighted by atomic mass is 10.0. The Morgan fingerprint density at radius 1 is 1.37 bits per heavy atom. The Kier molecular flexibility index (Phi) is 5.63. The molecular weight excluding hydrogens is 240 g/mol. The van der Waals surface area contributed by atoms with Crippen LogP contribution < -0.4 is 10.6 Å². The second-order valence-corrected chi connectivity index (χ2v) is 4.97. The lowest BCUT2D eigenvalue weighted by molar-refractivity contribution is 0.0288. The molecule has 1 aromatic carbocycles. The van der Waals surface area contributed by atoms with Crippen LogP contribution in [0.25, 0.3) is 0 Å². The van der Waals surface area contributed by atoms with Gasteiger partial charge in [-0.25, -0.2) is 0 Å². The van der Waals surface area contributed by atoms with E-state index in [4.69, 9.17) is 9.47 Å². The molecule has 0 aliphatic carbocycles. The second kappa shape index (κ2) is 7.48. The molecule has 2 N–H and O–H groups in total. The summed E-state index contributed by atoms with van der Waals surface area (Å²) in [6.45, 7) is 3.39. The molecule has 0 aromatic heterocycles. The molecule has 0 saturated carbocycles. The van der Waals surface area contributed by atoms with E-state index in [1.165, 1.54) is 29.7 Å². The maximum atomic E-state index is 5.32. The highest BCUT2D eigenvalue weighted by Gasteiger charge is 2.09. The lowest BCUT2D eigenvalue weighted by Crippen LogP contribution is -2.31. The monoisotopic (exact) mass is 264 g/mol. The molecular formula is C15H24N2O2. The Hall–Kier alpha value is -1.10. The third kappa shape index (κ3) is 4.20. The minimum absolute atomic E-state index is 0.115. The van der Waals surface area contributed by atoms with Gasteiger partial charge in [0.05, 0.1) is 12.7 Å². The number of nitrogens with one attached hydrogen (secondary N) is 2. The summed E-state index contributed by atoms with van der Waals surface area (Å²) in [6.07, 6.45) is 2.52.